The van der Waals surface area contributed by atoms with Gasteiger partial charge in [-0.15, -0.1) is 0 Å². The quantitative estimate of drug-likeness (QED) is 0.559. The Bertz CT molecular complexity index is 182. The van der Waals surface area contributed by atoms with Gasteiger partial charge < -0.3 is 0 Å². The Balaban J connectivity index is 2.64. The van der Waals surface area contributed by atoms with Crippen LogP contribution in [0.2, 0.25) is 0 Å². The first-order chi connectivity index (χ1) is 4.88. The Kier molecular flexibility index (Phi) is 2.17. The van der Waals surface area contributed by atoms with Gasteiger partial charge in [-0.2, -0.15) is 15.6 Å². The molecule has 4 heteroatoms. The second-order valence-corrected chi connectivity index (χ2v) is 1.79. The standard InChI is InChI=1S/C6H10N4/c1-3-4-6-8-5-9-10(6)7-2/h3-4,9H,2,5H2,1H3/b4-3-. The van der Waals surface area contributed by atoms with Crippen molar-refractivity contribution < 1.29 is 0 Å². The molecular weight excluding hydrogens is 128 g/mol. The maximum absolute atomic E-state index is 4.09. The van der Waals surface area contributed by atoms with E-state index in [2.05, 4.69) is 22.2 Å². The van der Waals surface area contributed by atoms with Crippen molar-refractivity contribution in [3.05, 3.63) is 12.2 Å². The van der Waals surface area contributed by atoms with E-state index in [4.69, 9.17) is 0 Å². The van der Waals surface area contributed by atoms with Crippen LogP contribution in [-0.2, 0) is 0 Å². The topological polar surface area (TPSA) is 40.0 Å². The molecule has 4 nitrogen and oxygen atoms in total. The molecule has 0 radical (unpaired) electrons. The number of hydrogen-bond acceptors (Lipinski definition) is 4. The molecule has 10 heavy (non-hydrogen) atoms. The van der Waals surface area contributed by atoms with Crippen LogP contribution in [-0.4, -0.2) is 24.3 Å². The van der Waals surface area contributed by atoms with Crippen LogP contribution in [0, 0.1) is 0 Å². The summed E-state index contributed by atoms with van der Waals surface area (Å²) in [7, 11) is 0. The fraction of sp³-hybridized carbons (Fsp3) is 0.333. The molecule has 1 heterocycles. The van der Waals surface area contributed by atoms with Gasteiger partial charge in [0.05, 0.1) is 0 Å². The van der Waals surface area contributed by atoms with Crippen LogP contribution in [0.5, 0.6) is 0 Å². The van der Waals surface area contributed by atoms with Crippen LogP contribution in [0.4, 0.5) is 0 Å². The predicted molar refractivity (Wildman–Crippen MR) is 41.6 cm³/mol. The highest BCUT2D eigenvalue weighted by molar-refractivity contribution is 5.93. The molecule has 54 valence electrons. The summed E-state index contributed by atoms with van der Waals surface area (Å²) in [5.74, 6) is 0.803. The first-order valence-electron chi connectivity index (χ1n) is 3.06. The molecule has 0 aliphatic carbocycles. The summed E-state index contributed by atoms with van der Waals surface area (Å²) < 4.78 is 0. The molecule has 1 aliphatic rings. The van der Waals surface area contributed by atoms with Gasteiger partial charge in [-0.1, -0.05) is 6.08 Å². The van der Waals surface area contributed by atoms with E-state index >= 15 is 0 Å². The van der Waals surface area contributed by atoms with Crippen LogP contribution < -0.4 is 5.43 Å². The summed E-state index contributed by atoms with van der Waals surface area (Å²) in [6, 6.07) is 0. The van der Waals surface area contributed by atoms with Crippen molar-refractivity contribution in [2.75, 3.05) is 6.67 Å². The summed E-state index contributed by atoms with van der Waals surface area (Å²) in [5.41, 5.74) is 2.89. The van der Waals surface area contributed by atoms with Crippen LogP contribution in [0.1, 0.15) is 6.92 Å². The third-order valence-electron chi connectivity index (χ3n) is 1.14. The monoisotopic (exact) mass is 138 g/mol. The lowest BCUT2D eigenvalue weighted by Crippen LogP contribution is -2.30. The summed E-state index contributed by atoms with van der Waals surface area (Å²) in [5, 5.41) is 5.22. The number of nitrogens with one attached hydrogen (secondary N) is 1. The molecule has 1 N–H and O–H groups in total. The highest BCUT2D eigenvalue weighted by Crippen LogP contribution is 1.96. The molecule has 0 saturated carbocycles. The Hall–Kier alpha value is -1.16. The van der Waals surface area contributed by atoms with E-state index in [0.717, 1.165) is 5.84 Å². The minimum Gasteiger partial charge on any atom is -0.248 e. The molecule has 0 aromatic carbocycles. The maximum Gasteiger partial charge on any atom is 0.162 e. The highest BCUT2D eigenvalue weighted by Gasteiger charge is 2.09. The fourth-order valence-electron chi connectivity index (χ4n) is 0.726. The lowest BCUT2D eigenvalue weighted by atomic mass is 10.5. The number of nitrogens with zero attached hydrogens (tertiary/aromatic N) is 3. The summed E-state index contributed by atoms with van der Waals surface area (Å²) in [6.07, 6.45) is 3.78. The van der Waals surface area contributed by atoms with Crippen LogP contribution >= 0.6 is 0 Å². The molecule has 0 fully saturated rings. The number of hydrogen-bond donors (Lipinski definition) is 1. The van der Waals surface area contributed by atoms with Crippen molar-refractivity contribution in [3.63, 3.8) is 0 Å². The van der Waals surface area contributed by atoms with E-state index in [0.29, 0.717) is 6.67 Å². The van der Waals surface area contributed by atoms with Crippen LogP contribution in [0.3, 0.4) is 0 Å². The van der Waals surface area contributed by atoms with Gasteiger partial charge in [-0.25, -0.2) is 4.99 Å². The minimum absolute atomic E-state index is 0.582. The molecule has 1 rings (SSSR count). The average Bonchev–Trinajstić information content (AvgIpc) is 2.36. The number of allylic oxidation sites excluding steroid dienone is 1. The van der Waals surface area contributed by atoms with Crippen molar-refractivity contribution in [2.24, 2.45) is 10.1 Å². The van der Waals surface area contributed by atoms with E-state index in [1.54, 1.807) is 5.12 Å². The fourth-order valence-corrected chi connectivity index (χ4v) is 0.726. The molecule has 0 aromatic rings. The molecule has 1 aliphatic heterocycles. The van der Waals surface area contributed by atoms with E-state index in [1.165, 1.54) is 0 Å². The minimum atomic E-state index is 0.582. The maximum atomic E-state index is 4.09. The van der Waals surface area contributed by atoms with Crippen molar-refractivity contribution >= 4 is 12.6 Å². The number of hydrazone groups is 1. The number of amidine groups is 1. The third-order valence-corrected chi connectivity index (χ3v) is 1.14. The second-order valence-electron chi connectivity index (χ2n) is 1.79. The predicted octanol–water partition coefficient (Wildman–Crippen LogP) is 0.354. The zero-order valence-electron chi connectivity index (χ0n) is 5.91. The number of rotatable bonds is 2. The van der Waals surface area contributed by atoms with Gasteiger partial charge >= 0.3 is 0 Å². The Morgan fingerprint density at radius 3 is 3.30 bits per heavy atom. The van der Waals surface area contributed by atoms with E-state index < -0.39 is 0 Å². The smallest absolute Gasteiger partial charge is 0.162 e. The van der Waals surface area contributed by atoms with E-state index in [-0.39, 0.29) is 0 Å². The first kappa shape index (κ1) is 6.95. The van der Waals surface area contributed by atoms with E-state index in [1.807, 2.05) is 19.1 Å². The normalized spacial score (nSPS) is 18.1. The van der Waals surface area contributed by atoms with Crippen molar-refractivity contribution in [1.82, 2.24) is 10.5 Å². The number of aliphatic imine (C=N–C) groups is 1. The highest BCUT2D eigenvalue weighted by atomic mass is 15.7. The molecule has 0 saturated heterocycles. The Labute approximate surface area is 59.9 Å². The van der Waals surface area contributed by atoms with Crippen molar-refractivity contribution in [3.8, 4) is 0 Å². The van der Waals surface area contributed by atoms with E-state index in [9.17, 15) is 0 Å². The molecule has 0 aromatic heterocycles. The Morgan fingerprint density at radius 2 is 2.70 bits per heavy atom. The van der Waals surface area contributed by atoms with Gasteiger partial charge in [-0.05, 0) is 13.0 Å². The van der Waals surface area contributed by atoms with Crippen molar-refractivity contribution in [1.29, 1.82) is 0 Å². The van der Waals surface area contributed by atoms with Gasteiger partial charge in [0, 0.05) is 6.72 Å². The average molecular weight is 138 g/mol. The van der Waals surface area contributed by atoms with Gasteiger partial charge in [-0.3, -0.25) is 0 Å². The molecule has 0 amide bonds. The Morgan fingerprint density at radius 1 is 1.90 bits per heavy atom. The lowest BCUT2D eigenvalue weighted by molar-refractivity contribution is 0.364. The molecule has 0 bridgehead atoms. The second kappa shape index (κ2) is 3.12. The van der Waals surface area contributed by atoms with Crippen LogP contribution in [0.15, 0.2) is 22.2 Å². The first-order valence-corrected chi connectivity index (χ1v) is 3.06. The SMILES string of the molecule is C=NN1NCN=C1/C=C\C. The lowest BCUT2D eigenvalue weighted by Gasteiger charge is -2.08. The van der Waals surface area contributed by atoms with Gasteiger partial charge in [0.1, 0.15) is 6.67 Å². The van der Waals surface area contributed by atoms with Crippen molar-refractivity contribution in [2.45, 2.75) is 6.92 Å². The summed E-state index contributed by atoms with van der Waals surface area (Å²) >= 11 is 0. The summed E-state index contributed by atoms with van der Waals surface area (Å²) in [4.78, 5) is 4.09. The van der Waals surface area contributed by atoms with Gasteiger partial charge in [0.15, 0.2) is 5.84 Å². The zero-order chi connectivity index (χ0) is 7.40. The largest absolute Gasteiger partial charge is 0.248 e. The van der Waals surface area contributed by atoms with Gasteiger partial charge in [0.25, 0.3) is 0 Å². The molecular formula is C6H10N4. The zero-order valence-corrected chi connectivity index (χ0v) is 5.91. The number of hydrazine groups is 1. The third kappa shape index (κ3) is 1.22. The molecule has 0 unspecified atom stereocenters. The van der Waals surface area contributed by atoms with Gasteiger partial charge in [0.2, 0.25) is 0 Å². The van der Waals surface area contributed by atoms with Crippen LogP contribution in [0.25, 0.3) is 0 Å². The molecule has 0 atom stereocenters. The molecule has 0 spiro atoms. The summed E-state index contributed by atoms with van der Waals surface area (Å²) in [6.45, 7) is 5.89.